The van der Waals surface area contributed by atoms with Gasteiger partial charge >= 0.3 is 5.97 Å². The first-order valence-corrected chi connectivity index (χ1v) is 33.3. The highest BCUT2D eigenvalue weighted by Crippen LogP contribution is 2.18. The van der Waals surface area contributed by atoms with Crippen molar-refractivity contribution in [2.75, 3.05) is 13.2 Å². The number of aliphatic hydroxyl groups excluding tert-OH is 2. The van der Waals surface area contributed by atoms with Gasteiger partial charge in [-0.15, -0.1) is 0 Å². The lowest BCUT2D eigenvalue weighted by molar-refractivity contribution is -0.143. The first-order chi connectivity index (χ1) is 36.5. The molecule has 0 saturated heterocycles. The molecule has 2 atom stereocenters. The molecule has 0 rings (SSSR count). The van der Waals surface area contributed by atoms with E-state index in [0.717, 1.165) is 64.2 Å². The van der Waals surface area contributed by atoms with E-state index in [1.165, 1.54) is 270 Å². The lowest BCUT2D eigenvalue weighted by atomic mass is 10.0. The summed E-state index contributed by atoms with van der Waals surface area (Å²) in [6.45, 7) is 4.89. The number of unbranched alkanes of at least 4 members (excludes halogenated alkanes) is 47. The van der Waals surface area contributed by atoms with Crippen LogP contribution in [0.3, 0.4) is 0 Å². The first kappa shape index (κ1) is 72.1. The molecule has 0 aliphatic carbocycles. The Balaban J connectivity index is 3.46. The molecule has 74 heavy (non-hydrogen) atoms. The van der Waals surface area contributed by atoms with E-state index < -0.39 is 12.1 Å². The monoisotopic (exact) mass is 1040 g/mol. The van der Waals surface area contributed by atoms with Gasteiger partial charge in [-0.05, 0) is 64.2 Å². The van der Waals surface area contributed by atoms with Gasteiger partial charge in [-0.1, -0.05) is 320 Å². The minimum Gasteiger partial charge on any atom is -0.466 e. The number of aliphatic hydroxyl groups is 2. The average molecular weight is 1040 g/mol. The Bertz CT molecular complexity index is 1200. The number of amides is 1. The summed E-state index contributed by atoms with van der Waals surface area (Å²) in [5.41, 5.74) is 0. The highest BCUT2D eigenvalue weighted by atomic mass is 16.5. The summed E-state index contributed by atoms with van der Waals surface area (Å²) in [7, 11) is 0. The number of hydrogen-bond donors (Lipinski definition) is 3. The Labute approximate surface area is 462 Å². The zero-order valence-electron chi connectivity index (χ0n) is 49.8. The molecule has 0 spiro atoms. The first-order valence-electron chi connectivity index (χ1n) is 33.3. The van der Waals surface area contributed by atoms with Crippen LogP contribution < -0.4 is 5.32 Å². The SMILES string of the molecule is CCCCCC/C=C\C/C=C\CCCCCCCCCC(=O)OCCCCCCCCCCCCCCCCCC(=O)NC(CO)C(O)/C=C/CCCCCCCCCCCCCCCCCCCCCCCC. The summed E-state index contributed by atoms with van der Waals surface area (Å²) in [4.78, 5) is 24.6. The van der Waals surface area contributed by atoms with Crippen molar-refractivity contribution in [3.8, 4) is 0 Å². The average Bonchev–Trinajstić information content (AvgIpc) is 3.40. The van der Waals surface area contributed by atoms with Crippen molar-refractivity contribution in [1.29, 1.82) is 0 Å². The Morgan fingerprint density at radius 1 is 0.378 bits per heavy atom. The predicted octanol–water partition coefficient (Wildman–Crippen LogP) is 21.1. The van der Waals surface area contributed by atoms with Gasteiger partial charge in [0.25, 0.3) is 0 Å². The number of esters is 1. The second kappa shape index (κ2) is 63.6. The van der Waals surface area contributed by atoms with E-state index in [2.05, 4.69) is 43.5 Å². The Hall–Kier alpha value is -1.92. The van der Waals surface area contributed by atoms with Crippen molar-refractivity contribution in [3.05, 3.63) is 36.5 Å². The zero-order chi connectivity index (χ0) is 53.6. The molecule has 1 amide bonds. The molecule has 0 aromatic carbocycles. The van der Waals surface area contributed by atoms with Gasteiger partial charge < -0.3 is 20.3 Å². The van der Waals surface area contributed by atoms with Gasteiger partial charge in [0.05, 0.1) is 25.4 Å². The van der Waals surface area contributed by atoms with E-state index >= 15 is 0 Å². The van der Waals surface area contributed by atoms with Crippen LogP contribution in [0.2, 0.25) is 0 Å². The second-order valence-corrected chi connectivity index (χ2v) is 22.8. The van der Waals surface area contributed by atoms with Crippen LogP contribution in [0, 0.1) is 0 Å². The largest absolute Gasteiger partial charge is 0.466 e. The molecule has 3 N–H and O–H groups in total. The number of carbonyl (C=O) groups excluding carboxylic acids is 2. The standard InChI is InChI=1S/C68H129NO5/c1-3-5-7-9-11-13-15-17-19-21-23-24-25-26-27-28-29-32-36-40-44-48-52-56-60-66(71)65(64-70)69-67(72)61-57-53-49-45-41-37-33-31-35-39-43-47-51-55-59-63-74-68(73)62-58-54-50-46-42-38-34-30-22-20-18-16-14-12-10-8-6-4-2/h14,16,20,22,56,60,65-66,70-71H,3-13,15,17-19,21,23-55,57-59,61-64H2,1-2H3,(H,69,72)/b16-14-,22-20-,60-56+. The number of allylic oxidation sites excluding steroid dienone is 5. The quantitative estimate of drug-likeness (QED) is 0.0320. The molecule has 6 nitrogen and oxygen atoms in total. The number of hydrogen-bond acceptors (Lipinski definition) is 5. The van der Waals surface area contributed by atoms with Crippen LogP contribution in [0.5, 0.6) is 0 Å². The third kappa shape index (κ3) is 59.3. The molecule has 0 aromatic rings. The fourth-order valence-corrected chi connectivity index (χ4v) is 10.3. The van der Waals surface area contributed by atoms with Gasteiger partial charge in [-0.3, -0.25) is 9.59 Å². The maximum absolute atomic E-state index is 12.5. The molecule has 0 saturated carbocycles. The van der Waals surface area contributed by atoms with Gasteiger partial charge in [0, 0.05) is 12.8 Å². The van der Waals surface area contributed by atoms with Crippen molar-refractivity contribution >= 4 is 11.9 Å². The Kier molecular flexibility index (Phi) is 62.0. The van der Waals surface area contributed by atoms with Crippen LogP contribution in [0.1, 0.15) is 361 Å². The van der Waals surface area contributed by atoms with Crippen LogP contribution in [0.15, 0.2) is 36.5 Å². The lowest BCUT2D eigenvalue weighted by Gasteiger charge is -2.20. The summed E-state index contributed by atoms with van der Waals surface area (Å²) in [6.07, 6.45) is 80.5. The Morgan fingerprint density at radius 2 is 0.676 bits per heavy atom. The molecular formula is C68H129NO5. The van der Waals surface area contributed by atoms with E-state index in [-0.39, 0.29) is 18.5 Å². The summed E-state index contributed by atoms with van der Waals surface area (Å²) in [5.74, 6) is -0.0804. The summed E-state index contributed by atoms with van der Waals surface area (Å²) < 4.78 is 5.49. The van der Waals surface area contributed by atoms with E-state index in [4.69, 9.17) is 4.74 Å². The molecule has 0 aliphatic heterocycles. The fourth-order valence-electron chi connectivity index (χ4n) is 10.3. The van der Waals surface area contributed by atoms with Crippen LogP contribution >= 0.6 is 0 Å². The summed E-state index contributed by atoms with van der Waals surface area (Å²) >= 11 is 0. The molecule has 0 bridgehead atoms. The van der Waals surface area contributed by atoms with Gasteiger partial charge in [0.1, 0.15) is 0 Å². The van der Waals surface area contributed by atoms with Crippen LogP contribution in [-0.2, 0) is 14.3 Å². The van der Waals surface area contributed by atoms with Crippen LogP contribution in [0.25, 0.3) is 0 Å². The molecule has 6 heteroatoms. The Morgan fingerprint density at radius 3 is 1.04 bits per heavy atom. The second-order valence-electron chi connectivity index (χ2n) is 22.8. The number of ether oxygens (including phenoxy) is 1. The third-order valence-electron chi connectivity index (χ3n) is 15.4. The maximum Gasteiger partial charge on any atom is 0.305 e. The van der Waals surface area contributed by atoms with Crippen molar-refractivity contribution < 1.29 is 24.5 Å². The number of rotatable bonds is 62. The van der Waals surface area contributed by atoms with E-state index in [1.54, 1.807) is 6.08 Å². The van der Waals surface area contributed by atoms with Gasteiger partial charge in [-0.25, -0.2) is 0 Å². The molecule has 0 fully saturated rings. The summed E-state index contributed by atoms with van der Waals surface area (Å²) in [6, 6.07) is -0.637. The van der Waals surface area contributed by atoms with Gasteiger partial charge in [0.15, 0.2) is 0 Å². The summed E-state index contributed by atoms with van der Waals surface area (Å²) in [5, 5.41) is 23.2. The van der Waals surface area contributed by atoms with Crippen molar-refractivity contribution in [1.82, 2.24) is 5.32 Å². The molecule has 0 heterocycles. The predicted molar refractivity (Wildman–Crippen MR) is 324 cm³/mol. The maximum atomic E-state index is 12.5. The van der Waals surface area contributed by atoms with Gasteiger partial charge in [-0.2, -0.15) is 0 Å². The molecule has 0 radical (unpaired) electrons. The molecule has 436 valence electrons. The van der Waals surface area contributed by atoms with E-state index in [9.17, 15) is 19.8 Å². The lowest BCUT2D eigenvalue weighted by Crippen LogP contribution is -2.45. The van der Waals surface area contributed by atoms with Crippen molar-refractivity contribution in [2.24, 2.45) is 0 Å². The smallest absolute Gasteiger partial charge is 0.305 e. The van der Waals surface area contributed by atoms with E-state index in [1.807, 2.05) is 6.08 Å². The highest BCUT2D eigenvalue weighted by Gasteiger charge is 2.18. The normalized spacial score (nSPS) is 12.8. The molecule has 0 aromatic heterocycles. The molecular weight excluding hydrogens is 911 g/mol. The fraction of sp³-hybridized carbons (Fsp3) is 0.882. The molecule has 0 aliphatic rings. The topological polar surface area (TPSA) is 95.9 Å². The number of nitrogens with one attached hydrogen (secondary N) is 1. The van der Waals surface area contributed by atoms with Crippen molar-refractivity contribution in [3.63, 3.8) is 0 Å². The minimum atomic E-state index is -0.853. The van der Waals surface area contributed by atoms with Crippen molar-refractivity contribution in [2.45, 2.75) is 373 Å². The zero-order valence-corrected chi connectivity index (χ0v) is 49.8. The third-order valence-corrected chi connectivity index (χ3v) is 15.4. The molecule has 2 unspecified atom stereocenters. The minimum absolute atomic E-state index is 0.00704. The van der Waals surface area contributed by atoms with E-state index in [0.29, 0.717) is 19.4 Å². The van der Waals surface area contributed by atoms with Crippen LogP contribution in [0.4, 0.5) is 0 Å². The van der Waals surface area contributed by atoms with Gasteiger partial charge in [0.2, 0.25) is 5.91 Å². The highest BCUT2D eigenvalue weighted by molar-refractivity contribution is 5.76. The van der Waals surface area contributed by atoms with Crippen LogP contribution in [-0.4, -0.2) is 47.4 Å². The number of carbonyl (C=O) groups is 2.